The normalized spacial score (nSPS) is 12.4. The molecule has 0 fully saturated rings. The molecular weight excluding hydrogens is 112 g/mol. The van der Waals surface area contributed by atoms with Gasteiger partial charge in [0.15, 0.2) is 0 Å². The molecule has 0 amide bonds. The van der Waals surface area contributed by atoms with Gasteiger partial charge in [-0.25, -0.2) is 4.98 Å². The molecule has 46 valence electrons. The topological polar surface area (TPSA) is 28.7 Å². The van der Waals surface area contributed by atoms with Gasteiger partial charge < -0.3 is 4.98 Å². The molecule has 1 atom stereocenters. The molecule has 1 heterocycles. The van der Waals surface area contributed by atoms with Crippen molar-refractivity contribution in [3.8, 4) is 12.3 Å². The molecule has 0 aliphatic rings. The van der Waals surface area contributed by atoms with Gasteiger partial charge in [0.1, 0.15) is 0 Å². The second-order valence-electron chi connectivity index (χ2n) is 1.90. The highest BCUT2D eigenvalue weighted by atomic mass is 14.9. The molecule has 2 heteroatoms. The van der Waals surface area contributed by atoms with Crippen LogP contribution in [0.3, 0.4) is 0 Å². The standard InChI is InChI=1S/C7H8N2/c1-3-6(2)7-4-8-5-9-7/h1,4-6H,2H3,(H,8,9). The van der Waals surface area contributed by atoms with E-state index in [1.54, 1.807) is 12.5 Å². The van der Waals surface area contributed by atoms with E-state index < -0.39 is 0 Å². The third-order valence-electron chi connectivity index (χ3n) is 1.24. The molecule has 1 aromatic heterocycles. The summed E-state index contributed by atoms with van der Waals surface area (Å²) in [6.45, 7) is 1.95. The summed E-state index contributed by atoms with van der Waals surface area (Å²) in [6.07, 6.45) is 8.53. The van der Waals surface area contributed by atoms with E-state index in [1.165, 1.54) is 0 Å². The summed E-state index contributed by atoms with van der Waals surface area (Å²) in [5.74, 6) is 2.74. The Labute approximate surface area is 54.3 Å². The third kappa shape index (κ3) is 1.11. The van der Waals surface area contributed by atoms with Crippen molar-refractivity contribution in [2.45, 2.75) is 12.8 Å². The van der Waals surface area contributed by atoms with E-state index in [2.05, 4.69) is 15.9 Å². The lowest BCUT2D eigenvalue weighted by Gasteiger charge is -1.95. The number of terminal acetylenes is 1. The Hall–Kier alpha value is -1.23. The first-order valence-electron chi connectivity index (χ1n) is 2.79. The van der Waals surface area contributed by atoms with Gasteiger partial charge in [-0.05, 0) is 6.92 Å². The molecule has 0 saturated heterocycles. The zero-order chi connectivity index (χ0) is 6.69. The van der Waals surface area contributed by atoms with Crippen LogP contribution in [0.1, 0.15) is 18.5 Å². The monoisotopic (exact) mass is 120 g/mol. The molecule has 1 rings (SSSR count). The molecule has 1 N–H and O–H groups in total. The predicted octanol–water partition coefficient (Wildman–Crippen LogP) is 1.15. The van der Waals surface area contributed by atoms with Gasteiger partial charge in [0.05, 0.1) is 12.2 Å². The summed E-state index contributed by atoms with van der Waals surface area (Å²) in [6, 6.07) is 0. The zero-order valence-electron chi connectivity index (χ0n) is 5.26. The smallest absolute Gasteiger partial charge is 0.0922 e. The highest BCUT2D eigenvalue weighted by molar-refractivity contribution is 5.14. The van der Waals surface area contributed by atoms with Crippen LogP contribution in [-0.2, 0) is 0 Å². The number of nitrogens with zero attached hydrogens (tertiary/aromatic N) is 1. The fourth-order valence-electron chi connectivity index (χ4n) is 0.593. The van der Waals surface area contributed by atoms with Crippen LogP contribution in [0.4, 0.5) is 0 Å². The van der Waals surface area contributed by atoms with Gasteiger partial charge in [0, 0.05) is 11.9 Å². The van der Waals surface area contributed by atoms with Gasteiger partial charge in [-0.3, -0.25) is 0 Å². The molecule has 0 radical (unpaired) electrons. The summed E-state index contributed by atoms with van der Waals surface area (Å²) in [5.41, 5.74) is 0.998. The Morgan fingerprint density at radius 3 is 3.11 bits per heavy atom. The van der Waals surface area contributed by atoms with Crippen molar-refractivity contribution in [2.24, 2.45) is 0 Å². The molecule has 0 aromatic carbocycles. The highest BCUT2D eigenvalue weighted by Crippen LogP contribution is 2.07. The van der Waals surface area contributed by atoms with Gasteiger partial charge >= 0.3 is 0 Å². The van der Waals surface area contributed by atoms with Crippen molar-refractivity contribution >= 4 is 0 Å². The highest BCUT2D eigenvalue weighted by Gasteiger charge is 1.99. The van der Waals surface area contributed by atoms with E-state index in [9.17, 15) is 0 Å². The van der Waals surface area contributed by atoms with Gasteiger partial charge in [0.2, 0.25) is 0 Å². The Kier molecular flexibility index (Phi) is 1.55. The summed E-state index contributed by atoms with van der Waals surface area (Å²) >= 11 is 0. The van der Waals surface area contributed by atoms with Gasteiger partial charge in [0.25, 0.3) is 0 Å². The van der Waals surface area contributed by atoms with Crippen molar-refractivity contribution in [1.29, 1.82) is 0 Å². The minimum atomic E-state index is 0.146. The molecule has 0 bridgehead atoms. The molecule has 0 spiro atoms. The lowest BCUT2D eigenvalue weighted by atomic mass is 10.1. The van der Waals surface area contributed by atoms with Crippen molar-refractivity contribution < 1.29 is 0 Å². The van der Waals surface area contributed by atoms with Crippen molar-refractivity contribution in [3.05, 3.63) is 18.2 Å². The minimum absolute atomic E-state index is 0.146. The summed E-state index contributed by atoms with van der Waals surface area (Å²) in [7, 11) is 0. The predicted molar refractivity (Wildman–Crippen MR) is 35.8 cm³/mol. The number of nitrogens with one attached hydrogen (secondary N) is 1. The van der Waals surface area contributed by atoms with Crippen LogP contribution >= 0.6 is 0 Å². The third-order valence-corrected chi connectivity index (χ3v) is 1.24. The maximum Gasteiger partial charge on any atom is 0.0922 e. The molecular formula is C7H8N2. The first-order chi connectivity index (χ1) is 4.34. The number of H-pyrrole nitrogens is 1. The van der Waals surface area contributed by atoms with Crippen LogP contribution in [0, 0.1) is 12.3 Å². The molecule has 2 nitrogen and oxygen atoms in total. The van der Waals surface area contributed by atoms with Gasteiger partial charge in [-0.1, -0.05) is 5.92 Å². The van der Waals surface area contributed by atoms with Crippen LogP contribution in [0.5, 0.6) is 0 Å². The van der Waals surface area contributed by atoms with Crippen LogP contribution in [-0.4, -0.2) is 9.97 Å². The van der Waals surface area contributed by atoms with Crippen molar-refractivity contribution in [2.75, 3.05) is 0 Å². The zero-order valence-corrected chi connectivity index (χ0v) is 5.26. The fraction of sp³-hybridized carbons (Fsp3) is 0.286. The van der Waals surface area contributed by atoms with E-state index in [0.29, 0.717) is 0 Å². The number of hydrogen-bond acceptors (Lipinski definition) is 1. The Bertz CT molecular complexity index is 205. The van der Waals surface area contributed by atoms with E-state index in [1.807, 2.05) is 6.92 Å². The fourth-order valence-corrected chi connectivity index (χ4v) is 0.593. The average molecular weight is 120 g/mol. The summed E-state index contributed by atoms with van der Waals surface area (Å²) in [4.78, 5) is 6.77. The number of aromatic amines is 1. The Balaban J connectivity index is 2.80. The first kappa shape index (κ1) is 5.90. The van der Waals surface area contributed by atoms with Gasteiger partial charge in [-0.2, -0.15) is 0 Å². The molecule has 0 aliphatic carbocycles. The average Bonchev–Trinajstić information content (AvgIpc) is 2.37. The SMILES string of the molecule is C#CC(C)c1cnc[nH]1. The van der Waals surface area contributed by atoms with Crippen molar-refractivity contribution in [1.82, 2.24) is 9.97 Å². The van der Waals surface area contributed by atoms with Crippen LogP contribution in [0.15, 0.2) is 12.5 Å². The summed E-state index contributed by atoms with van der Waals surface area (Å²) in [5, 5.41) is 0. The molecule has 1 unspecified atom stereocenters. The lowest BCUT2D eigenvalue weighted by molar-refractivity contribution is 0.954. The van der Waals surface area contributed by atoms with Crippen LogP contribution in [0.25, 0.3) is 0 Å². The molecule has 0 saturated carbocycles. The second-order valence-corrected chi connectivity index (χ2v) is 1.90. The van der Waals surface area contributed by atoms with E-state index >= 15 is 0 Å². The van der Waals surface area contributed by atoms with Crippen LogP contribution < -0.4 is 0 Å². The Morgan fingerprint density at radius 2 is 2.67 bits per heavy atom. The van der Waals surface area contributed by atoms with Gasteiger partial charge in [-0.15, -0.1) is 6.42 Å². The molecule has 9 heavy (non-hydrogen) atoms. The number of rotatable bonds is 1. The largest absolute Gasteiger partial charge is 0.347 e. The van der Waals surface area contributed by atoms with E-state index in [0.717, 1.165) is 5.69 Å². The minimum Gasteiger partial charge on any atom is -0.347 e. The Morgan fingerprint density at radius 1 is 1.89 bits per heavy atom. The van der Waals surface area contributed by atoms with Crippen molar-refractivity contribution in [3.63, 3.8) is 0 Å². The quantitative estimate of drug-likeness (QED) is 0.553. The van der Waals surface area contributed by atoms with E-state index in [-0.39, 0.29) is 5.92 Å². The molecule has 0 aliphatic heterocycles. The number of aromatic nitrogens is 2. The summed E-state index contributed by atoms with van der Waals surface area (Å²) < 4.78 is 0. The second kappa shape index (κ2) is 2.36. The maximum atomic E-state index is 5.17. The number of hydrogen-bond donors (Lipinski definition) is 1. The number of imidazole rings is 1. The maximum absolute atomic E-state index is 5.17. The van der Waals surface area contributed by atoms with Crippen LogP contribution in [0.2, 0.25) is 0 Å². The lowest BCUT2D eigenvalue weighted by Crippen LogP contribution is -1.87. The molecule has 1 aromatic rings. The first-order valence-corrected chi connectivity index (χ1v) is 2.79. The van der Waals surface area contributed by atoms with E-state index in [4.69, 9.17) is 6.42 Å².